The Balaban J connectivity index is 1.59. The molecule has 0 fully saturated rings. The van der Waals surface area contributed by atoms with E-state index in [-0.39, 0.29) is 12.5 Å². The van der Waals surface area contributed by atoms with Gasteiger partial charge in [-0.05, 0) is 48.4 Å². The number of hydrogen-bond acceptors (Lipinski definition) is 4. The van der Waals surface area contributed by atoms with E-state index >= 15 is 0 Å². The van der Waals surface area contributed by atoms with Crippen molar-refractivity contribution in [3.8, 4) is 5.75 Å². The van der Waals surface area contributed by atoms with Crippen molar-refractivity contribution in [3.05, 3.63) is 105 Å². The van der Waals surface area contributed by atoms with Gasteiger partial charge in [0.05, 0.1) is 10.9 Å². The van der Waals surface area contributed by atoms with Crippen LogP contribution in [0.4, 0.5) is 0 Å². The molecule has 5 heteroatoms. The van der Waals surface area contributed by atoms with E-state index in [4.69, 9.17) is 20.8 Å². The second kappa shape index (κ2) is 7.87. The van der Waals surface area contributed by atoms with Crippen LogP contribution in [0.3, 0.4) is 0 Å². The largest absolute Gasteiger partial charge is 0.484 e. The number of fused-ring (bicyclic) bond motifs is 1. The number of hydrogen-bond donors (Lipinski definition) is 0. The van der Waals surface area contributed by atoms with Gasteiger partial charge in [-0.1, -0.05) is 53.6 Å². The molecule has 0 radical (unpaired) electrons. The van der Waals surface area contributed by atoms with Gasteiger partial charge in [0, 0.05) is 11.4 Å². The monoisotopic (exact) mass is 391 g/mol. The van der Waals surface area contributed by atoms with E-state index in [0.717, 1.165) is 16.7 Å². The van der Waals surface area contributed by atoms with Crippen molar-refractivity contribution in [2.45, 2.75) is 20.0 Å². The Morgan fingerprint density at radius 1 is 1.04 bits per heavy atom. The fourth-order valence-electron chi connectivity index (χ4n) is 3.07. The van der Waals surface area contributed by atoms with Crippen molar-refractivity contribution >= 4 is 22.5 Å². The summed E-state index contributed by atoms with van der Waals surface area (Å²) in [5, 5.41) is 1.11. The maximum absolute atomic E-state index is 12.2. The molecule has 0 saturated heterocycles. The van der Waals surface area contributed by atoms with Gasteiger partial charge in [0.2, 0.25) is 5.89 Å². The predicted octanol–water partition coefficient (Wildman–Crippen LogP) is 5.32. The summed E-state index contributed by atoms with van der Waals surface area (Å²) in [5.74, 6) is 0.920. The molecule has 0 unspecified atom stereocenters. The van der Waals surface area contributed by atoms with Crippen molar-refractivity contribution in [1.29, 1.82) is 0 Å². The summed E-state index contributed by atoms with van der Waals surface area (Å²) in [7, 11) is 0. The highest BCUT2D eigenvalue weighted by Gasteiger charge is 2.10. The number of aromatic nitrogens is 1. The number of rotatable bonds is 5. The zero-order valence-corrected chi connectivity index (χ0v) is 16.1. The van der Waals surface area contributed by atoms with Crippen molar-refractivity contribution in [2.24, 2.45) is 0 Å². The summed E-state index contributed by atoms with van der Waals surface area (Å²) >= 11 is 6.17. The van der Waals surface area contributed by atoms with Crippen LogP contribution < -0.4 is 10.4 Å². The standard InChI is InChI=1S/C23H18ClNO3/c1-15-7-9-20-19(11-15)23(26)28-22(25-20)14-27-21-10-8-18(24)13-17(21)12-16-5-3-2-4-6-16/h2-11,13H,12,14H2,1H3. The SMILES string of the molecule is Cc1ccc2nc(COc3ccc(Cl)cc3Cc3ccccc3)oc(=O)c2c1. The van der Waals surface area contributed by atoms with Crippen LogP contribution >= 0.6 is 11.6 Å². The second-order valence-electron chi connectivity index (χ2n) is 6.62. The average molecular weight is 392 g/mol. The molecule has 0 bridgehead atoms. The van der Waals surface area contributed by atoms with Gasteiger partial charge in [-0.2, -0.15) is 0 Å². The fraction of sp³-hybridized carbons (Fsp3) is 0.130. The van der Waals surface area contributed by atoms with Gasteiger partial charge in [0.1, 0.15) is 5.75 Å². The molecule has 4 aromatic rings. The maximum Gasteiger partial charge on any atom is 0.346 e. The molecular formula is C23H18ClNO3. The van der Waals surface area contributed by atoms with Crippen LogP contribution in [-0.2, 0) is 13.0 Å². The Hall–Kier alpha value is -3.11. The summed E-state index contributed by atoms with van der Waals surface area (Å²) in [6.07, 6.45) is 0.686. The first-order valence-corrected chi connectivity index (χ1v) is 9.32. The third-order valence-electron chi connectivity index (χ3n) is 4.44. The molecular weight excluding hydrogens is 374 g/mol. The minimum atomic E-state index is -0.409. The normalized spacial score (nSPS) is 10.9. The lowest BCUT2D eigenvalue weighted by atomic mass is 10.0. The molecule has 140 valence electrons. The zero-order chi connectivity index (χ0) is 19.5. The lowest BCUT2D eigenvalue weighted by Gasteiger charge is -2.12. The predicted molar refractivity (Wildman–Crippen MR) is 110 cm³/mol. The first-order valence-electron chi connectivity index (χ1n) is 8.94. The smallest absolute Gasteiger partial charge is 0.346 e. The Morgan fingerprint density at radius 3 is 2.68 bits per heavy atom. The molecule has 0 atom stereocenters. The minimum absolute atomic E-state index is 0.0580. The molecule has 1 heterocycles. The van der Waals surface area contributed by atoms with E-state index in [1.807, 2.05) is 49.4 Å². The molecule has 0 N–H and O–H groups in total. The molecule has 4 nitrogen and oxygen atoms in total. The van der Waals surface area contributed by atoms with Gasteiger partial charge >= 0.3 is 5.63 Å². The third-order valence-corrected chi connectivity index (χ3v) is 4.67. The Kier molecular flexibility index (Phi) is 5.13. The summed E-state index contributed by atoms with van der Waals surface area (Å²) in [5.41, 5.74) is 3.28. The van der Waals surface area contributed by atoms with E-state index in [1.165, 1.54) is 0 Å². The quantitative estimate of drug-likeness (QED) is 0.462. The molecule has 0 saturated carbocycles. The summed E-state index contributed by atoms with van der Waals surface area (Å²) < 4.78 is 11.3. The number of benzene rings is 3. The van der Waals surface area contributed by atoms with Crippen LogP contribution in [0, 0.1) is 6.92 Å². The number of ether oxygens (including phenoxy) is 1. The fourth-order valence-corrected chi connectivity index (χ4v) is 3.27. The topological polar surface area (TPSA) is 52.3 Å². The van der Waals surface area contributed by atoms with Crippen LogP contribution in [0.2, 0.25) is 5.02 Å². The van der Waals surface area contributed by atoms with Gasteiger partial charge < -0.3 is 9.15 Å². The minimum Gasteiger partial charge on any atom is -0.484 e. The van der Waals surface area contributed by atoms with Gasteiger partial charge in [-0.25, -0.2) is 9.78 Å². The molecule has 0 aliphatic rings. The first kappa shape index (κ1) is 18.3. The van der Waals surface area contributed by atoms with E-state index in [2.05, 4.69) is 17.1 Å². The highest BCUT2D eigenvalue weighted by Crippen LogP contribution is 2.26. The molecule has 1 aromatic heterocycles. The molecule has 0 aliphatic heterocycles. The molecule has 0 aliphatic carbocycles. The van der Waals surface area contributed by atoms with Crippen LogP contribution in [0.15, 0.2) is 75.9 Å². The number of halogens is 1. The van der Waals surface area contributed by atoms with Crippen LogP contribution in [-0.4, -0.2) is 4.98 Å². The molecule has 4 rings (SSSR count). The Labute approximate surface area is 167 Å². The summed E-state index contributed by atoms with van der Waals surface area (Å²) in [6.45, 7) is 1.98. The van der Waals surface area contributed by atoms with Crippen LogP contribution in [0.25, 0.3) is 10.9 Å². The average Bonchev–Trinajstić information content (AvgIpc) is 2.69. The molecule has 28 heavy (non-hydrogen) atoms. The van der Waals surface area contributed by atoms with Crippen molar-refractivity contribution in [2.75, 3.05) is 0 Å². The Bertz CT molecular complexity index is 1190. The van der Waals surface area contributed by atoms with E-state index in [0.29, 0.717) is 28.1 Å². The zero-order valence-electron chi connectivity index (χ0n) is 15.3. The Morgan fingerprint density at radius 2 is 1.86 bits per heavy atom. The third kappa shape index (κ3) is 4.07. The maximum atomic E-state index is 12.2. The van der Waals surface area contributed by atoms with Gasteiger partial charge in [-0.15, -0.1) is 0 Å². The lowest BCUT2D eigenvalue weighted by molar-refractivity contribution is 0.252. The van der Waals surface area contributed by atoms with E-state index in [1.54, 1.807) is 12.1 Å². The molecule has 3 aromatic carbocycles. The highest BCUT2D eigenvalue weighted by molar-refractivity contribution is 6.30. The van der Waals surface area contributed by atoms with Gasteiger partial charge in [0.15, 0.2) is 6.61 Å². The van der Waals surface area contributed by atoms with Crippen LogP contribution in [0.5, 0.6) is 5.75 Å². The van der Waals surface area contributed by atoms with Crippen LogP contribution in [0.1, 0.15) is 22.6 Å². The number of aryl methyl sites for hydroxylation is 1. The van der Waals surface area contributed by atoms with Crippen molar-refractivity contribution in [1.82, 2.24) is 4.98 Å². The highest BCUT2D eigenvalue weighted by atomic mass is 35.5. The van der Waals surface area contributed by atoms with E-state index in [9.17, 15) is 4.79 Å². The van der Waals surface area contributed by atoms with Crippen molar-refractivity contribution < 1.29 is 9.15 Å². The first-order chi connectivity index (χ1) is 13.6. The van der Waals surface area contributed by atoms with Gasteiger partial charge in [-0.3, -0.25) is 0 Å². The van der Waals surface area contributed by atoms with Gasteiger partial charge in [0.25, 0.3) is 0 Å². The van der Waals surface area contributed by atoms with Crippen molar-refractivity contribution in [3.63, 3.8) is 0 Å². The second-order valence-corrected chi connectivity index (χ2v) is 7.06. The molecule has 0 spiro atoms. The summed E-state index contributed by atoms with van der Waals surface area (Å²) in [6, 6.07) is 21.1. The molecule has 0 amide bonds. The lowest BCUT2D eigenvalue weighted by Crippen LogP contribution is -2.08. The summed E-state index contributed by atoms with van der Waals surface area (Å²) in [4.78, 5) is 16.6. The van der Waals surface area contributed by atoms with E-state index < -0.39 is 5.63 Å². The number of nitrogens with zero attached hydrogens (tertiary/aromatic N) is 1.